The van der Waals surface area contributed by atoms with Crippen LogP contribution in [-0.4, -0.2) is 23.1 Å². The van der Waals surface area contributed by atoms with Crippen molar-refractivity contribution in [2.24, 2.45) is 0 Å². The smallest absolute Gasteiger partial charge is 0.286 e. The zero-order valence-corrected chi connectivity index (χ0v) is 12.1. The van der Waals surface area contributed by atoms with Crippen LogP contribution in [0.25, 0.3) is 0 Å². The molecule has 0 aliphatic heterocycles. The first-order chi connectivity index (χ1) is 9.61. The van der Waals surface area contributed by atoms with Gasteiger partial charge in [-0.25, -0.2) is 0 Å². The average Bonchev–Trinajstić information content (AvgIpc) is 2.99. The number of hydrazine groups is 1. The van der Waals surface area contributed by atoms with E-state index in [1.54, 1.807) is 30.5 Å². The topological polar surface area (TPSA) is 74.0 Å². The molecule has 5 nitrogen and oxygen atoms in total. The second-order valence-corrected chi connectivity index (χ2v) is 5.12. The van der Waals surface area contributed by atoms with Gasteiger partial charge < -0.3 is 4.98 Å². The minimum absolute atomic E-state index is 0.310. The number of halogens is 1. The van der Waals surface area contributed by atoms with E-state index in [0.717, 1.165) is 4.90 Å². The largest absolute Gasteiger partial charge is 0.357 e. The maximum absolute atomic E-state index is 12.0. The summed E-state index contributed by atoms with van der Waals surface area (Å²) >= 11 is 7.47. The molecule has 3 N–H and O–H groups in total. The number of aromatic amines is 1. The van der Waals surface area contributed by atoms with Crippen LogP contribution >= 0.6 is 23.4 Å². The van der Waals surface area contributed by atoms with Gasteiger partial charge in [-0.2, -0.15) is 0 Å². The normalized spacial score (nSPS) is 10.1. The molecule has 0 atom stereocenters. The van der Waals surface area contributed by atoms with Crippen LogP contribution in [0.4, 0.5) is 0 Å². The lowest BCUT2D eigenvalue weighted by Gasteiger charge is -2.08. The first-order valence-corrected chi connectivity index (χ1v) is 7.29. The van der Waals surface area contributed by atoms with E-state index in [4.69, 9.17) is 11.6 Å². The lowest BCUT2D eigenvalue weighted by atomic mass is 10.2. The highest BCUT2D eigenvalue weighted by molar-refractivity contribution is 7.98. The van der Waals surface area contributed by atoms with Gasteiger partial charge >= 0.3 is 0 Å². The Bertz CT molecular complexity index is 629. The zero-order valence-electron chi connectivity index (χ0n) is 10.6. The molecule has 0 saturated carbocycles. The lowest BCUT2D eigenvalue weighted by Crippen LogP contribution is -2.41. The van der Waals surface area contributed by atoms with Gasteiger partial charge in [-0.1, -0.05) is 11.6 Å². The average molecular weight is 310 g/mol. The lowest BCUT2D eigenvalue weighted by molar-refractivity contribution is 0.0844. The molecule has 2 amide bonds. The molecule has 0 radical (unpaired) electrons. The van der Waals surface area contributed by atoms with Crippen molar-refractivity contribution in [3.8, 4) is 0 Å². The van der Waals surface area contributed by atoms with Crippen molar-refractivity contribution in [1.29, 1.82) is 0 Å². The Kier molecular flexibility index (Phi) is 4.70. The molecule has 0 fully saturated rings. The molecule has 0 bridgehead atoms. The van der Waals surface area contributed by atoms with Crippen molar-refractivity contribution in [2.75, 3.05) is 6.26 Å². The highest BCUT2D eigenvalue weighted by atomic mass is 35.5. The summed E-state index contributed by atoms with van der Waals surface area (Å²) in [6, 6.07) is 8.43. The third-order valence-corrected chi connectivity index (χ3v) is 3.61. The first kappa shape index (κ1) is 14.5. The van der Waals surface area contributed by atoms with Crippen LogP contribution in [-0.2, 0) is 0 Å². The van der Waals surface area contributed by atoms with Crippen molar-refractivity contribution < 1.29 is 9.59 Å². The van der Waals surface area contributed by atoms with E-state index >= 15 is 0 Å². The van der Waals surface area contributed by atoms with E-state index < -0.39 is 11.8 Å². The van der Waals surface area contributed by atoms with E-state index in [1.807, 2.05) is 12.3 Å². The maximum Gasteiger partial charge on any atom is 0.286 e. The molecule has 20 heavy (non-hydrogen) atoms. The van der Waals surface area contributed by atoms with Gasteiger partial charge in [0.05, 0.1) is 10.6 Å². The molecule has 0 aliphatic carbocycles. The molecule has 0 saturated heterocycles. The fraction of sp³-hybridized carbons (Fsp3) is 0.0769. The van der Waals surface area contributed by atoms with Crippen LogP contribution < -0.4 is 10.9 Å². The Balaban J connectivity index is 2.03. The van der Waals surface area contributed by atoms with Crippen LogP contribution in [0.1, 0.15) is 20.8 Å². The van der Waals surface area contributed by atoms with Crippen LogP contribution in [0.3, 0.4) is 0 Å². The second-order valence-electron chi connectivity index (χ2n) is 3.84. The Morgan fingerprint density at radius 3 is 2.60 bits per heavy atom. The molecule has 1 heterocycles. The second kappa shape index (κ2) is 6.49. The molecule has 1 aromatic carbocycles. The number of rotatable bonds is 3. The van der Waals surface area contributed by atoms with E-state index in [-0.39, 0.29) is 0 Å². The van der Waals surface area contributed by atoms with Gasteiger partial charge in [-0.15, -0.1) is 11.8 Å². The number of benzene rings is 1. The van der Waals surface area contributed by atoms with Gasteiger partial charge in [0.25, 0.3) is 11.8 Å². The number of thioether (sulfide) groups is 1. The number of hydrogen-bond acceptors (Lipinski definition) is 3. The number of amides is 2. The molecule has 7 heteroatoms. The molecule has 104 valence electrons. The zero-order chi connectivity index (χ0) is 14.5. The highest BCUT2D eigenvalue weighted by Crippen LogP contribution is 2.22. The molecular weight excluding hydrogens is 298 g/mol. The minimum atomic E-state index is -0.467. The summed E-state index contributed by atoms with van der Waals surface area (Å²) in [6.07, 6.45) is 3.52. The predicted molar refractivity (Wildman–Crippen MR) is 79.0 cm³/mol. The molecule has 0 unspecified atom stereocenters. The van der Waals surface area contributed by atoms with Crippen LogP contribution in [0.5, 0.6) is 0 Å². The summed E-state index contributed by atoms with van der Waals surface area (Å²) in [7, 11) is 0. The number of aromatic nitrogens is 1. The predicted octanol–water partition coefficient (Wildman–Crippen LogP) is 2.46. The van der Waals surface area contributed by atoms with Gasteiger partial charge in [0, 0.05) is 11.1 Å². The third-order valence-electron chi connectivity index (χ3n) is 2.55. The molecule has 2 aromatic rings. The Morgan fingerprint density at radius 1 is 1.20 bits per heavy atom. The number of nitrogens with one attached hydrogen (secondary N) is 3. The van der Waals surface area contributed by atoms with E-state index in [1.165, 1.54) is 11.8 Å². The Morgan fingerprint density at radius 2 is 1.95 bits per heavy atom. The minimum Gasteiger partial charge on any atom is -0.357 e. The third kappa shape index (κ3) is 3.34. The number of H-pyrrole nitrogens is 1. The van der Waals surface area contributed by atoms with Crippen molar-refractivity contribution >= 4 is 35.2 Å². The van der Waals surface area contributed by atoms with Gasteiger partial charge in [0.15, 0.2) is 0 Å². The summed E-state index contributed by atoms with van der Waals surface area (Å²) in [5.41, 5.74) is 5.31. The van der Waals surface area contributed by atoms with Crippen molar-refractivity contribution in [2.45, 2.75) is 4.90 Å². The fourth-order valence-corrected chi connectivity index (χ4v) is 2.17. The highest BCUT2D eigenvalue weighted by Gasteiger charge is 2.13. The SMILES string of the molecule is CSc1ccc(Cl)c(C(=O)NNC(=O)c2ccc[nH]2)c1. The van der Waals surface area contributed by atoms with Crippen molar-refractivity contribution in [1.82, 2.24) is 15.8 Å². The van der Waals surface area contributed by atoms with Crippen LogP contribution in [0.15, 0.2) is 41.4 Å². The van der Waals surface area contributed by atoms with E-state index in [0.29, 0.717) is 16.3 Å². The standard InChI is InChI=1S/C13H12ClN3O2S/c1-20-8-4-5-10(14)9(7-8)12(18)16-17-13(19)11-3-2-6-15-11/h2-7,15H,1H3,(H,16,18)(H,17,19). The summed E-state index contributed by atoms with van der Waals surface area (Å²) in [5.74, 6) is -0.897. The summed E-state index contributed by atoms with van der Waals surface area (Å²) < 4.78 is 0. The van der Waals surface area contributed by atoms with Gasteiger partial charge in [0.1, 0.15) is 5.69 Å². The molecule has 2 rings (SSSR count). The van der Waals surface area contributed by atoms with Gasteiger partial charge in [-0.3, -0.25) is 20.4 Å². The summed E-state index contributed by atoms with van der Waals surface area (Å²) in [6.45, 7) is 0. The number of carbonyl (C=O) groups is 2. The van der Waals surface area contributed by atoms with Crippen LogP contribution in [0.2, 0.25) is 5.02 Å². The first-order valence-electron chi connectivity index (χ1n) is 5.69. The molecule has 0 spiro atoms. The fourth-order valence-electron chi connectivity index (χ4n) is 1.53. The number of carbonyl (C=O) groups excluding carboxylic acids is 2. The van der Waals surface area contributed by atoms with E-state index in [2.05, 4.69) is 15.8 Å². The molecule has 0 aliphatic rings. The maximum atomic E-state index is 12.0. The molecular formula is C13H12ClN3O2S. The quantitative estimate of drug-likeness (QED) is 0.602. The summed E-state index contributed by atoms with van der Waals surface area (Å²) in [4.78, 5) is 27.3. The van der Waals surface area contributed by atoms with E-state index in [9.17, 15) is 9.59 Å². The van der Waals surface area contributed by atoms with Crippen molar-refractivity contribution in [3.63, 3.8) is 0 Å². The van der Waals surface area contributed by atoms with Crippen molar-refractivity contribution in [3.05, 3.63) is 52.8 Å². The Hall–Kier alpha value is -1.92. The monoisotopic (exact) mass is 309 g/mol. The number of hydrogen-bond donors (Lipinski definition) is 3. The van der Waals surface area contributed by atoms with Gasteiger partial charge in [0.2, 0.25) is 0 Å². The molecule has 1 aromatic heterocycles. The van der Waals surface area contributed by atoms with Gasteiger partial charge in [-0.05, 0) is 36.6 Å². The Labute approximate surface area is 125 Å². The van der Waals surface area contributed by atoms with Crippen LogP contribution in [0, 0.1) is 0 Å². The summed E-state index contributed by atoms with van der Waals surface area (Å²) in [5, 5.41) is 0.328.